The van der Waals surface area contributed by atoms with Gasteiger partial charge in [-0.1, -0.05) is 12.1 Å². The number of carboxylic acid groups (broad SMARTS) is 1. The van der Waals surface area contributed by atoms with Crippen molar-refractivity contribution in [1.29, 1.82) is 0 Å². The number of benzene rings is 1. The van der Waals surface area contributed by atoms with Crippen LogP contribution in [-0.2, 0) is 4.79 Å². The van der Waals surface area contributed by atoms with Gasteiger partial charge in [0.1, 0.15) is 6.54 Å². The molecule has 1 rings (SSSR count). The Labute approximate surface area is 105 Å². The van der Waals surface area contributed by atoms with Crippen molar-refractivity contribution in [3.63, 3.8) is 0 Å². The van der Waals surface area contributed by atoms with Crippen molar-refractivity contribution in [3.05, 3.63) is 24.3 Å². The Bertz CT molecular complexity index is 476. The lowest BCUT2D eigenvalue weighted by Gasteiger charge is -2.13. The van der Waals surface area contributed by atoms with Gasteiger partial charge >= 0.3 is 18.4 Å². The van der Waals surface area contributed by atoms with Gasteiger partial charge in [-0.25, -0.2) is 4.79 Å². The Morgan fingerprint density at radius 2 is 1.89 bits per heavy atom. The second kappa shape index (κ2) is 5.94. The van der Waals surface area contributed by atoms with Crippen molar-refractivity contribution in [2.45, 2.75) is 6.36 Å². The Hall–Kier alpha value is -2.45. The third-order valence-electron chi connectivity index (χ3n) is 1.76. The predicted octanol–water partition coefficient (Wildman–Crippen LogP) is 1.79. The van der Waals surface area contributed by atoms with Crippen LogP contribution in [0.3, 0.4) is 0 Å². The van der Waals surface area contributed by atoms with Crippen molar-refractivity contribution in [2.75, 3.05) is 11.9 Å². The number of aliphatic carboxylic acids is 1. The summed E-state index contributed by atoms with van der Waals surface area (Å²) in [6.45, 7) is -0.659. The van der Waals surface area contributed by atoms with Crippen LogP contribution in [0, 0.1) is 0 Å². The number of urea groups is 1. The Morgan fingerprint density at radius 3 is 2.47 bits per heavy atom. The summed E-state index contributed by atoms with van der Waals surface area (Å²) in [5.74, 6) is -1.88. The molecule has 0 aliphatic rings. The summed E-state index contributed by atoms with van der Waals surface area (Å²) in [5.41, 5.74) is -0.234. The number of carbonyl (C=O) groups excluding carboxylic acids is 1. The zero-order valence-electron chi connectivity index (χ0n) is 9.32. The number of hydrogen-bond donors (Lipinski definition) is 3. The number of nitrogens with one attached hydrogen (secondary N) is 2. The van der Waals surface area contributed by atoms with Crippen molar-refractivity contribution < 1.29 is 32.6 Å². The highest BCUT2D eigenvalue weighted by Crippen LogP contribution is 2.29. The summed E-state index contributed by atoms with van der Waals surface area (Å²) in [4.78, 5) is 21.4. The molecule has 2 amide bonds. The number of hydrogen-bond acceptors (Lipinski definition) is 3. The molecule has 6 nitrogen and oxygen atoms in total. The molecule has 0 fully saturated rings. The maximum absolute atomic E-state index is 12.1. The fourth-order valence-corrected chi connectivity index (χ4v) is 1.11. The van der Waals surface area contributed by atoms with E-state index in [1.165, 1.54) is 18.2 Å². The largest absolute Gasteiger partial charge is 0.573 e. The fourth-order valence-electron chi connectivity index (χ4n) is 1.11. The molecule has 0 saturated carbocycles. The number of para-hydroxylation sites is 2. The van der Waals surface area contributed by atoms with E-state index in [0.717, 1.165) is 6.07 Å². The Morgan fingerprint density at radius 1 is 1.26 bits per heavy atom. The number of amides is 2. The van der Waals surface area contributed by atoms with E-state index in [-0.39, 0.29) is 5.69 Å². The zero-order chi connectivity index (χ0) is 14.5. The molecule has 0 unspecified atom stereocenters. The molecule has 0 heterocycles. The summed E-state index contributed by atoms with van der Waals surface area (Å²) >= 11 is 0. The van der Waals surface area contributed by atoms with Crippen molar-refractivity contribution in [3.8, 4) is 5.75 Å². The monoisotopic (exact) mass is 278 g/mol. The number of anilines is 1. The average molecular weight is 278 g/mol. The quantitative estimate of drug-likeness (QED) is 0.783. The van der Waals surface area contributed by atoms with Gasteiger partial charge in [-0.05, 0) is 12.1 Å². The minimum atomic E-state index is -4.89. The van der Waals surface area contributed by atoms with Crippen LogP contribution in [0.4, 0.5) is 23.7 Å². The number of halogens is 3. The van der Waals surface area contributed by atoms with E-state index in [4.69, 9.17) is 5.11 Å². The van der Waals surface area contributed by atoms with Gasteiger partial charge in [0.25, 0.3) is 0 Å². The third kappa shape index (κ3) is 5.61. The van der Waals surface area contributed by atoms with Crippen LogP contribution in [0.2, 0.25) is 0 Å². The number of carbonyl (C=O) groups is 2. The number of carboxylic acids is 1. The van der Waals surface area contributed by atoms with Gasteiger partial charge in [-0.15, -0.1) is 13.2 Å². The maximum atomic E-state index is 12.1. The van der Waals surface area contributed by atoms with E-state index in [0.29, 0.717) is 0 Å². The number of rotatable bonds is 4. The Kier molecular flexibility index (Phi) is 4.56. The molecule has 104 valence electrons. The highest BCUT2D eigenvalue weighted by atomic mass is 19.4. The summed E-state index contributed by atoms with van der Waals surface area (Å²) in [5, 5.41) is 12.3. The summed E-state index contributed by atoms with van der Waals surface area (Å²) in [7, 11) is 0. The molecule has 0 radical (unpaired) electrons. The summed E-state index contributed by atoms with van der Waals surface area (Å²) in [6.07, 6.45) is -4.89. The standard InChI is InChI=1S/C10H9F3N2O4/c11-10(12,13)19-7-4-2-1-3-6(7)15-9(18)14-5-8(16)17/h1-4H,5H2,(H,16,17)(H2,14,15,18). The van der Waals surface area contributed by atoms with Crippen LogP contribution in [0.25, 0.3) is 0 Å². The molecular weight excluding hydrogens is 269 g/mol. The molecule has 19 heavy (non-hydrogen) atoms. The molecule has 0 saturated heterocycles. The summed E-state index contributed by atoms with van der Waals surface area (Å²) in [6, 6.07) is 3.92. The van der Waals surface area contributed by atoms with E-state index in [2.05, 4.69) is 10.1 Å². The average Bonchev–Trinajstić information content (AvgIpc) is 2.27. The molecule has 9 heteroatoms. The lowest BCUT2D eigenvalue weighted by Crippen LogP contribution is -2.33. The van der Waals surface area contributed by atoms with E-state index in [1.807, 2.05) is 5.32 Å². The van der Waals surface area contributed by atoms with Crippen molar-refractivity contribution in [1.82, 2.24) is 5.32 Å². The molecular formula is C10H9F3N2O4. The molecule has 1 aromatic rings. The zero-order valence-corrected chi connectivity index (χ0v) is 9.32. The van der Waals surface area contributed by atoms with Crippen molar-refractivity contribution >= 4 is 17.7 Å². The number of alkyl halides is 3. The van der Waals surface area contributed by atoms with E-state index in [9.17, 15) is 22.8 Å². The Balaban J connectivity index is 2.72. The maximum Gasteiger partial charge on any atom is 0.573 e. The smallest absolute Gasteiger partial charge is 0.480 e. The van der Waals surface area contributed by atoms with Gasteiger partial charge < -0.3 is 20.5 Å². The molecule has 0 aromatic heterocycles. The first-order valence-corrected chi connectivity index (χ1v) is 4.89. The first-order chi connectivity index (χ1) is 8.78. The van der Waals surface area contributed by atoms with Gasteiger partial charge in [0, 0.05) is 0 Å². The van der Waals surface area contributed by atoms with Gasteiger partial charge in [0.15, 0.2) is 5.75 Å². The molecule has 3 N–H and O–H groups in total. The fraction of sp³-hybridized carbons (Fsp3) is 0.200. The highest BCUT2D eigenvalue weighted by molar-refractivity contribution is 5.92. The van der Waals surface area contributed by atoms with Gasteiger partial charge in [0.05, 0.1) is 5.69 Å². The van der Waals surface area contributed by atoms with Crippen LogP contribution in [0.15, 0.2) is 24.3 Å². The molecule has 0 aliphatic carbocycles. The van der Waals surface area contributed by atoms with Gasteiger partial charge in [0.2, 0.25) is 0 Å². The van der Waals surface area contributed by atoms with Crippen LogP contribution in [0.5, 0.6) is 5.75 Å². The minimum Gasteiger partial charge on any atom is -0.480 e. The SMILES string of the molecule is O=C(O)CNC(=O)Nc1ccccc1OC(F)(F)F. The predicted molar refractivity (Wildman–Crippen MR) is 57.8 cm³/mol. The van der Waals surface area contributed by atoms with Crippen LogP contribution < -0.4 is 15.4 Å². The second-order valence-electron chi connectivity index (χ2n) is 3.25. The van der Waals surface area contributed by atoms with Crippen LogP contribution >= 0.6 is 0 Å². The first kappa shape index (κ1) is 14.6. The topological polar surface area (TPSA) is 87.7 Å². The first-order valence-electron chi connectivity index (χ1n) is 4.89. The highest BCUT2D eigenvalue weighted by Gasteiger charge is 2.32. The lowest BCUT2D eigenvalue weighted by atomic mass is 10.3. The van der Waals surface area contributed by atoms with Crippen molar-refractivity contribution in [2.24, 2.45) is 0 Å². The summed E-state index contributed by atoms with van der Waals surface area (Å²) < 4.78 is 40.0. The second-order valence-corrected chi connectivity index (χ2v) is 3.25. The van der Waals surface area contributed by atoms with Crippen LogP contribution in [-0.4, -0.2) is 30.0 Å². The molecule has 0 bridgehead atoms. The van der Waals surface area contributed by atoms with E-state index in [1.54, 1.807) is 0 Å². The normalized spacial score (nSPS) is 10.7. The number of ether oxygens (including phenoxy) is 1. The van der Waals surface area contributed by atoms with E-state index < -0.39 is 30.7 Å². The van der Waals surface area contributed by atoms with Gasteiger partial charge in [-0.3, -0.25) is 4.79 Å². The van der Waals surface area contributed by atoms with Gasteiger partial charge in [-0.2, -0.15) is 0 Å². The molecule has 1 aromatic carbocycles. The minimum absolute atomic E-state index is 0.234. The molecule has 0 aliphatic heterocycles. The lowest BCUT2D eigenvalue weighted by molar-refractivity contribution is -0.274. The molecule has 0 atom stereocenters. The third-order valence-corrected chi connectivity index (χ3v) is 1.76. The van der Waals surface area contributed by atoms with E-state index >= 15 is 0 Å². The van der Waals surface area contributed by atoms with Crippen LogP contribution in [0.1, 0.15) is 0 Å². The molecule has 0 spiro atoms.